The summed E-state index contributed by atoms with van der Waals surface area (Å²) in [4.78, 5) is 38.2. The minimum Gasteiger partial charge on any atom is -0.462 e. The predicted molar refractivity (Wildman–Crippen MR) is 352 cm³/mol. The summed E-state index contributed by atoms with van der Waals surface area (Å²) in [6.45, 7) is 6.35. The molecule has 0 aliphatic rings. The van der Waals surface area contributed by atoms with E-state index < -0.39 is 6.10 Å². The van der Waals surface area contributed by atoms with E-state index in [2.05, 4.69) is 179 Å². The van der Waals surface area contributed by atoms with Gasteiger partial charge in [0.2, 0.25) is 0 Å². The molecule has 81 heavy (non-hydrogen) atoms. The second-order valence-corrected chi connectivity index (χ2v) is 21.3. The fourth-order valence-corrected chi connectivity index (χ4v) is 8.66. The molecular formula is C75H120O6. The van der Waals surface area contributed by atoms with E-state index in [0.717, 1.165) is 135 Å². The van der Waals surface area contributed by atoms with Crippen molar-refractivity contribution in [2.75, 3.05) is 13.2 Å². The monoisotopic (exact) mass is 1120 g/mol. The minimum atomic E-state index is -0.804. The molecule has 6 nitrogen and oxygen atoms in total. The van der Waals surface area contributed by atoms with Crippen LogP contribution in [0.3, 0.4) is 0 Å². The molecule has 0 aromatic carbocycles. The van der Waals surface area contributed by atoms with E-state index in [1.165, 1.54) is 96.3 Å². The first-order valence-electron chi connectivity index (χ1n) is 33.0. The number of ether oxygens (including phenoxy) is 3. The van der Waals surface area contributed by atoms with E-state index in [1.54, 1.807) is 0 Å². The van der Waals surface area contributed by atoms with Crippen molar-refractivity contribution in [2.24, 2.45) is 0 Å². The lowest BCUT2D eigenvalue weighted by molar-refractivity contribution is -0.167. The smallest absolute Gasteiger partial charge is 0.306 e. The zero-order valence-electron chi connectivity index (χ0n) is 52.2. The molecule has 0 bridgehead atoms. The molecule has 0 saturated heterocycles. The highest BCUT2D eigenvalue weighted by Gasteiger charge is 2.19. The van der Waals surface area contributed by atoms with Gasteiger partial charge in [0.05, 0.1) is 0 Å². The van der Waals surface area contributed by atoms with E-state index in [1.807, 2.05) is 0 Å². The van der Waals surface area contributed by atoms with E-state index in [9.17, 15) is 14.4 Å². The van der Waals surface area contributed by atoms with Crippen LogP contribution in [-0.4, -0.2) is 37.2 Å². The van der Waals surface area contributed by atoms with Gasteiger partial charge in [-0.2, -0.15) is 0 Å². The molecule has 0 aliphatic heterocycles. The van der Waals surface area contributed by atoms with Gasteiger partial charge in [-0.25, -0.2) is 0 Å². The van der Waals surface area contributed by atoms with E-state index >= 15 is 0 Å². The number of rotatable bonds is 58. The Balaban J connectivity index is 4.33. The number of unbranched alkanes of at least 4 members (excludes halogenated alkanes) is 21. The van der Waals surface area contributed by atoms with Gasteiger partial charge in [-0.1, -0.05) is 288 Å². The van der Waals surface area contributed by atoms with Crippen molar-refractivity contribution < 1.29 is 28.6 Å². The lowest BCUT2D eigenvalue weighted by Gasteiger charge is -2.18. The maximum Gasteiger partial charge on any atom is 0.306 e. The highest BCUT2D eigenvalue weighted by atomic mass is 16.6. The number of hydrogen-bond acceptors (Lipinski definition) is 6. The summed E-state index contributed by atoms with van der Waals surface area (Å²) in [7, 11) is 0. The second kappa shape index (κ2) is 67.5. The van der Waals surface area contributed by atoms with Gasteiger partial charge < -0.3 is 14.2 Å². The molecule has 0 saturated carbocycles. The van der Waals surface area contributed by atoms with Gasteiger partial charge in [0.15, 0.2) is 6.10 Å². The molecule has 456 valence electrons. The van der Waals surface area contributed by atoms with E-state index in [4.69, 9.17) is 14.2 Å². The fraction of sp³-hybridized carbons (Fsp3) is 0.613. The summed E-state index contributed by atoms with van der Waals surface area (Å²) in [6, 6.07) is 0. The minimum absolute atomic E-state index is 0.0970. The van der Waals surface area contributed by atoms with Crippen molar-refractivity contribution in [3.05, 3.63) is 158 Å². The van der Waals surface area contributed by atoms with Crippen molar-refractivity contribution in [3.63, 3.8) is 0 Å². The molecule has 0 spiro atoms. The molecule has 1 unspecified atom stereocenters. The summed E-state index contributed by atoms with van der Waals surface area (Å²) in [5.74, 6) is -0.950. The quantitative estimate of drug-likeness (QED) is 0.0261. The van der Waals surface area contributed by atoms with Crippen molar-refractivity contribution in [1.29, 1.82) is 0 Å². The lowest BCUT2D eigenvalue weighted by Crippen LogP contribution is -2.30. The van der Waals surface area contributed by atoms with Crippen LogP contribution in [0, 0.1) is 0 Å². The molecule has 0 fully saturated rings. The van der Waals surface area contributed by atoms with Gasteiger partial charge >= 0.3 is 17.9 Å². The number of allylic oxidation sites excluding steroid dienone is 26. The average Bonchev–Trinajstić information content (AvgIpc) is 3.47. The number of carbonyl (C=O) groups is 3. The van der Waals surface area contributed by atoms with Crippen LogP contribution in [0.1, 0.15) is 278 Å². The first kappa shape index (κ1) is 76.0. The van der Waals surface area contributed by atoms with Gasteiger partial charge in [0.1, 0.15) is 13.2 Å². The van der Waals surface area contributed by atoms with Crippen LogP contribution >= 0.6 is 0 Å². The first-order chi connectivity index (χ1) is 40.0. The Labute approximate surface area is 499 Å². The third-order valence-electron chi connectivity index (χ3n) is 13.5. The molecule has 1 atom stereocenters. The van der Waals surface area contributed by atoms with Crippen LogP contribution in [0.5, 0.6) is 0 Å². The standard InChI is InChI=1S/C75H120O6/c1-4-7-10-13-16-19-21-23-25-27-29-31-33-35-37-39-41-43-45-47-49-51-53-56-59-62-65-68-74(77)80-71-72(70-79-73(76)67-64-61-58-55-18-15-12-9-6-3)81-75(78)69-66-63-60-57-54-52-50-48-46-44-42-40-38-36-34-32-30-28-26-24-22-20-17-14-11-8-5-2/h7-8,10-11,16-17,19-20,23-26,29-32,35-38,41,43,47,49,53,56,72H,4-6,9,12-15,18,21-22,27-28,33-34,39-40,42,44-46,48,50-52,54-55,57-71H2,1-3H3/b10-7-,11-8-,19-16-,20-17-,25-23-,26-24-,31-29-,32-30-,37-35-,38-36-,43-41-,49-47-,56-53-. The first-order valence-corrected chi connectivity index (χ1v) is 33.0. The van der Waals surface area contributed by atoms with E-state index in [0.29, 0.717) is 25.7 Å². The van der Waals surface area contributed by atoms with E-state index in [-0.39, 0.29) is 31.1 Å². The van der Waals surface area contributed by atoms with Crippen LogP contribution in [0.2, 0.25) is 0 Å². The van der Waals surface area contributed by atoms with Gasteiger partial charge in [-0.3, -0.25) is 14.4 Å². The second-order valence-electron chi connectivity index (χ2n) is 21.3. The highest BCUT2D eigenvalue weighted by Crippen LogP contribution is 2.15. The summed E-state index contributed by atoms with van der Waals surface area (Å²) in [5, 5.41) is 0. The summed E-state index contributed by atoms with van der Waals surface area (Å²) >= 11 is 0. The lowest BCUT2D eigenvalue weighted by atomic mass is 10.0. The molecular weight excluding hydrogens is 997 g/mol. The molecule has 0 rings (SSSR count). The van der Waals surface area contributed by atoms with Crippen LogP contribution in [0.15, 0.2) is 158 Å². The van der Waals surface area contributed by atoms with Gasteiger partial charge in [-0.05, 0) is 128 Å². The Morgan fingerprint density at radius 1 is 0.259 bits per heavy atom. The van der Waals surface area contributed by atoms with Crippen molar-refractivity contribution in [3.8, 4) is 0 Å². The largest absolute Gasteiger partial charge is 0.462 e. The van der Waals surface area contributed by atoms with Crippen LogP contribution in [0.4, 0.5) is 0 Å². The topological polar surface area (TPSA) is 78.9 Å². The number of hydrogen-bond donors (Lipinski definition) is 0. The normalized spacial score (nSPS) is 13.2. The molecule has 0 amide bonds. The molecule has 6 heteroatoms. The Morgan fingerprint density at radius 2 is 0.481 bits per heavy atom. The zero-order chi connectivity index (χ0) is 58.5. The van der Waals surface area contributed by atoms with Crippen molar-refractivity contribution in [2.45, 2.75) is 284 Å². The third kappa shape index (κ3) is 65.7. The molecule has 0 aromatic heterocycles. The number of esters is 3. The van der Waals surface area contributed by atoms with Gasteiger partial charge in [0.25, 0.3) is 0 Å². The molecule has 0 N–H and O–H groups in total. The molecule has 0 heterocycles. The maximum absolute atomic E-state index is 12.9. The number of carbonyl (C=O) groups excluding carboxylic acids is 3. The highest BCUT2D eigenvalue weighted by molar-refractivity contribution is 5.71. The summed E-state index contributed by atoms with van der Waals surface area (Å²) in [6.07, 6.45) is 98.3. The van der Waals surface area contributed by atoms with Gasteiger partial charge in [-0.15, -0.1) is 0 Å². The fourth-order valence-electron chi connectivity index (χ4n) is 8.66. The molecule has 0 aliphatic carbocycles. The summed E-state index contributed by atoms with van der Waals surface area (Å²) in [5.41, 5.74) is 0. The van der Waals surface area contributed by atoms with Crippen LogP contribution in [0.25, 0.3) is 0 Å². The SMILES string of the molecule is CC/C=C\C/C=C\C/C=C\C/C=C\C/C=C\C/C=C\C/C=C\C/C=C\CCCCC(=O)OCC(COC(=O)CCCCCCCCCCC)OC(=O)CCCCCCCCCCCCC/C=C\C/C=C\C/C=C\C/C=C\C/C=C\CC. The zero-order valence-corrected chi connectivity index (χ0v) is 52.2. The third-order valence-corrected chi connectivity index (χ3v) is 13.5. The maximum atomic E-state index is 12.9. The predicted octanol–water partition coefficient (Wildman–Crippen LogP) is 22.9. The Bertz CT molecular complexity index is 1810. The van der Waals surface area contributed by atoms with Crippen LogP contribution < -0.4 is 0 Å². The Kier molecular flexibility index (Phi) is 63.4. The van der Waals surface area contributed by atoms with Crippen molar-refractivity contribution in [1.82, 2.24) is 0 Å². The molecule has 0 aromatic rings. The average molecular weight is 1120 g/mol. The Hall–Kier alpha value is -4.97. The van der Waals surface area contributed by atoms with Crippen molar-refractivity contribution >= 4 is 17.9 Å². The Morgan fingerprint density at radius 3 is 0.778 bits per heavy atom. The summed E-state index contributed by atoms with van der Waals surface area (Å²) < 4.78 is 16.9. The molecule has 0 radical (unpaired) electrons. The van der Waals surface area contributed by atoms with Crippen LogP contribution in [-0.2, 0) is 28.6 Å². The van der Waals surface area contributed by atoms with Gasteiger partial charge in [0, 0.05) is 19.3 Å².